The summed E-state index contributed by atoms with van der Waals surface area (Å²) in [5, 5.41) is 6.23. The van der Waals surface area contributed by atoms with Crippen molar-refractivity contribution in [2.75, 3.05) is 0 Å². The first-order valence-electron chi connectivity index (χ1n) is 6.51. The van der Waals surface area contributed by atoms with E-state index in [0.29, 0.717) is 5.92 Å². The van der Waals surface area contributed by atoms with Crippen molar-refractivity contribution in [2.45, 2.75) is 46.1 Å². The zero-order chi connectivity index (χ0) is 13.1. The molecule has 1 fully saturated rings. The molecule has 1 aromatic heterocycles. The van der Waals surface area contributed by atoms with E-state index in [9.17, 15) is 4.79 Å². The maximum absolute atomic E-state index is 12.1. The number of rotatable bonds is 5. The number of nitrogens with zero attached hydrogens (tertiary/aromatic N) is 1. The summed E-state index contributed by atoms with van der Waals surface area (Å²) in [6.07, 6.45) is 5.25. The zero-order valence-corrected chi connectivity index (χ0v) is 12.0. The number of aryl methyl sites for hydroxylation is 1. The molecule has 1 aromatic rings. The number of carbonyl (C=O) groups excluding carboxylic acids is 1. The van der Waals surface area contributed by atoms with Crippen LogP contribution in [0.4, 0.5) is 0 Å². The number of thiazole rings is 1. The molecule has 98 valence electrons. The number of aromatic nitrogens is 1. The molecule has 18 heavy (non-hydrogen) atoms. The summed E-state index contributed by atoms with van der Waals surface area (Å²) >= 11 is 1.65. The molecule has 1 atom stereocenters. The van der Waals surface area contributed by atoms with Gasteiger partial charge < -0.3 is 5.32 Å². The largest absolute Gasteiger partial charge is 0.343 e. The molecule has 1 N–H and O–H groups in total. The van der Waals surface area contributed by atoms with E-state index in [4.69, 9.17) is 0 Å². The third kappa shape index (κ3) is 3.19. The molecule has 0 saturated heterocycles. The number of amides is 1. The first-order chi connectivity index (χ1) is 8.61. The fourth-order valence-electron chi connectivity index (χ4n) is 1.98. The van der Waals surface area contributed by atoms with E-state index in [2.05, 4.69) is 10.3 Å². The average molecular weight is 264 g/mol. The van der Waals surface area contributed by atoms with Crippen molar-refractivity contribution >= 4 is 17.2 Å². The van der Waals surface area contributed by atoms with Crippen LogP contribution in [0.2, 0.25) is 0 Å². The van der Waals surface area contributed by atoms with Crippen LogP contribution in [-0.4, -0.2) is 10.9 Å². The lowest BCUT2D eigenvalue weighted by atomic mass is 10.1. The number of allylic oxidation sites excluding steroid dienone is 1. The SMILES string of the molecule is CC/C=C(\C)C(=O)N[C@H](c1nc(C)cs1)C1CC1. The van der Waals surface area contributed by atoms with Crippen molar-refractivity contribution in [3.8, 4) is 0 Å². The molecule has 3 nitrogen and oxygen atoms in total. The Morgan fingerprint density at radius 3 is 2.89 bits per heavy atom. The van der Waals surface area contributed by atoms with Gasteiger partial charge in [-0.2, -0.15) is 0 Å². The van der Waals surface area contributed by atoms with Gasteiger partial charge in [0.2, 0.25) is 5.91 Å². The fraction of sp³-hybridized carbons (Fsp3) is 0.571. The van der Waals surface area contributed by atoms with E-state index in [1.807, 2.05) is 32.2 Å². The normalized spacial score (nSPS) is 17.6. The van der Waals surface area contributed by atoms with Crippen molar-refractivity contribution < 1.29 is 4.79 Å². The van der Waals surface area contributed by atoms with Gasteiger partial charge in [-0.05, 0) is 39.0 Å². The number of nitrogens with one attached hydrogen (secondary N) is 1. The highest BCUT2D eigenvalue weighted by atomic mass is 32.1. The Morgan fingerprint density at radius 2 is 2.39 bits per heavy atom. The summed E-state index contributed by atoms with van der Waals surface area (Å²) < 4.78 is 0. The highest BCUT2D eigenvalue weighted by Gasteiger charge is 2.35. The van der Waals surface area contributed by atoms with Gasteiger partial charge in [-0.25, -0.2) is 4.98 Å². The molecule has 0 aliphatic heterocycles. The molecule has 1 aliphatic carbocycles. The second-order valence-electron chi connectivity index (χ2n) is 4.91. The molecule has 1 aliphatic rings. The summed E-state index contributed by atoms with van der Waals surface area (Å²) in [4.78, 5) is 16.6. The minimum absolute atomic E-state index is 0.0432. The Labute approximate surface area is 112 Å². The molecule has 4 heteroatoms. The maximum atomic E-state index is 12.1. The third-order valence-corrected chi connectivity index (χ3v) is 4.20. The third-order valence-electron chi connectivity index (χ3n) is 3.15. The summed E-state index contributed by atoms with van der Waals surface area (Å²) in [7, 11) is 0. The number of hydrogen-bond donors (Lipinski definition) is 1. The minimum atomic E-state index is 0.0432. The quantitative estimate of drug-likeness (QED) is 0.828. The van der Waals surface area contributed by atoms with Crippen LogP contribution in [0, 0.1) is 12.8 Å². The first-order valence-corrected chi connectivity index (χ1v) is 7.39. The summed E-state index contributed by atoms with van der Waals surface area (Å²) in [6, 6.07) is 0.108. The summed E-state index contributed by atoms with van der Waals surface area (Å²) in [5.74, 6) is 0.621. The molecule has 0 radical (unpaired) electrons. The van der Waals surface area contributed by atoms with Crippen LogP contribution in [0.25, 0.3) is 0 Å². The van der Waals surface area contributed by atoms with Gasteiger partial charge in [0, 0.05) is 16.6 Å². The van der Waals surface area contributed by atoms with Gasteiger partial charge >= 0.3 is 0 Å². The fourth-order valence-corrected chi connectivity index (χ4v) is 2.92. The van der Waals surface area contributed by atoms with E-state index in [1.54, 1.807) is 11.3 Å². The monoisotopic (exact) mass is 264 g/mol. The molecule has 0 spiro atoms. The predicted molar refractivity (Wildman–Crippen MR) is 74.5 cm³/mol. The number of carbonyl (C=O) groups is 1. The average Bonchev–Trinajstić information content (AvgIpc) is 3.08. The van der Waals surface area contributed by atoms with Crippen LogP contribution in [0.3, 0.4) is 0 Å². The van der Waals surface area contributed by atoms with Crippen molar-refractivity contribution in [3.05, 3.63) is 27.7 Å². The van der Waals surface area contributed by atoms with Crippen LogP contribution in [-0.2, 0) is 4.79 Å². The molecule has 1 amide bonds. The Morgan fingerprint density at radius 1 is 1.67 bits per heavy atom. The maximum Gasteiger partial charge on any atom is 0.247 e. The zero-order valence-electron chi connectivity index (χ0n) is 11.2. The Hall–Kier alpha value is -1.16. The lowest BCUT2D eigenvalue weighted by molar-refractivity contribution is -0.118. The van der Waals surface area contributed by atoms with E-state index >= 15 is 0 Å². The van der Waals surface area contributed by atoms with Gasteiger partial charge in [0.25, 0.3) is 0 Å². The lowest BCUT2D eigenvalue weighted by Crippen LogP contribution is -2.30. The Balaban J connectivity index is 2.08. The molecule has 2 rings (SSSR count). The van der Waals surface area contributed by atoms with Crippen LogP contribution < -0.4 is 5.32 Å². The lowest BCUT2D eigenvalue weighted by Gasteiger charge is -2.16. The van der Waals surface area contributed by atoms with Crippen LogP contribution in [0.15, 0.2) is 17.0 Å². The number of hydrogen-bond acceptors (Lipinski definition) is 3. The Kier molecular flexibility index (Phi) is 4.17. The molecular weight excluding hydrogens is 244 g/mol. The van der Waals surface area contributed by atoms with Crippen molar-refractivity contribution in [1.82, 2.24) is 10.3 Å². The first kappa shape index (κ1) is 13.3. The van der Waals surface area contributed by atoms with E-state index in [1.165, 1.54) is 12.8 Å². The standard InChI is InChI=1S/C14H20N2OS/c1-4-5-9(2)13(17)16-12(11-6-7-11)14-15-10(3)8-18-14/h5,8,11-12H,4,6-7H2,1-3H3,(H,16,17)/b9-5+/t12-/m0/s1. The van der Waals surface area contributed by atoms with Crippen molar-refractivity contribution in [3.63, 3.8) is 0 Å². The van der Waals surface area contributed by atoms with Gasteiger partial charge in [-0.1, -0.05) is 13.0 Å². The summed E-state index contributed by atoms with van der Waals surface area (Å²) in [5.41, 5.74) is 1.84. The van der Waals surface area contributed by atoms with Gasteiger partial charge in [0.15, 0.2) is 0 Å². The molecular formula is C14H20N2OS. The summed E-state index contributed by atoms with van der Waals surface area (Å²) in [6.45, 7) is 5.91. The highest BCUT2D eigenvalue weighted by molar-refractivity contribution is 7.09. The van der Waals surface area contributed by atoms with E-state index in [-0.39, 0.29) is 11.9 Å². The van der Waals surface area contributed by atoms with Crippen LogP contribution in [0.1, 0.15) is 49.9 Å². The van der Waals surface area contributed by atoms with Crippen molar-refractivity contribution in [2.24, 2.45) is 5.92 Å². The molecule has 1 saturated carbocycles. The van der Waals surface area contributed by atoms with Gasteiger partial charge in [-0.15, -0.1) is 11.3 Å². The van der Waals surface area contributed by atoms with Gasteiger partial charge in [0.05, 0.1) is 6.04 Å². The second-order valence-corrected chi connectivity index (χ2v) is 5.80. The van der Waals surface area contributed by atoms with Gasteiger partial charge in [-0.3, -0.25) is 4.79 Å². The molecule has 0 aromatic carbocycles. The molecule has 1 heterocycles. The van der Waals surface area contributed by atoms with Crippen LogP contribution in [0.5, 0.6) is 0 Å². The van der Waals surface area contributed by atoms with Gasteiger partial charge in [0.1, 0.15) is 5.01 Å². The van der Waals surface area contributed by atoms with E-state index in [0.717, 1.165) is 22.7 Å². The predicted octanol–water partition coefficient (Wildman–Crippen LogP) is 3.38. The van der Waals surface area contributed by atoms with Crippen molar-refractivity contribution in [1.29, 1.82) is 0 Å². The smallest absolute Gasteiger partial charge is 0.247 e. The Bertz CT molecular complexity index is 460. The highest BCUT2D eigenvalue weighted by Crippen LogP contribution is 2.41. The topological polar surface area (TPSA) is 42.0 Å². The van der Waals surface area contributed by atoms with E-state index < -0.39 is 0 Å². The minimum Gasteiger partial charge on any atom is -0.343 e. The molecule has 0 unspecified atom stereocenters. The second kappa shape index (κ2) is 5.65. The molecule has 0 bridgehead atoms. The van der Waals surface area contributed by atoms with Crippen LogP contribution >= 0.6 is 11.3 Å².